The maximum Gasteiger partial charge on any atom is 0.129 e. The number of rotatable bonds is 6. The van der Waals surface area contributed by atoms with Crippen molar-refractivity contribution in [2.75, 3.05) is 39.8 Å². The van der Waals surface area contributed by atoms with E-state index in [9.17, 15) is 9.50 Å². The summed E-state index contributed by atoms with van der Waals surface area (Å²) in [5.41, 5.74) is 2.78. The first-order chi connectivity index (χ1) is 14.6. The molecule has 2 aliphatic heterocycles. The zero-order chi connectivity index (χ0) is 20.9. The molecule has 2 atom stereocenters. The molecule has 2 fully saturated rings. The molecule has 0 saturated carbocycles. The Morgan fingerprint density at radius 1 is 1.06 bits per heavy atom. The normalized spacial score (nSPS) is 21.4. The average molecular weight is 523 g/mol. The van der Waals surface area contributed by atoms with Gasteiger partial charge in [0.05, 0.1) is 6.10 Å². The Morgan fingerprint density at radius 3 is 2.52 bits per heavy atom. The van der Waals surface area contributed by atoms with Crippen LogP contribution in [0.5, 0.6) is 5.75 Å². The van der Waals surface area contributed by atoms with Crippen LogP contribution in [0.15, 0.2) is 42.5 Å². The second-order valence-corrected chi connectivity index (χ2v) is 8.53. The summed E-state index contributed by atoms with van der Waals surface area (Å²) in [5, 5.41) is 13.9. The van der Waals surface area contributed by atoms with Gasteiger partial charge in [0, 0.05) is 63.0 Å². The lowest BCUT2D eigenvalue weighted by atomic mass is 9.97. The van der Waals surface area contributed by atoms with E-state index in [1.807, 2.05) is 18.2 Å². The molecule has 0 radical (unpaired) electrons. The zero-order valence-electron chi connectivity index (χ0n) is 18.9. The second kappa shape index (κ2) is 14.3. The Bertz CT molecular complexity index is 853. The van der Waals surface area contributed by atoms with Crippen molar-refractivity contribution < 1.29 is 14.2 Å². The molecule has 2 aromatic rings. The molecule has 0 aliphatic carbocycles. The highest BCUT2D eigenvalue weighted by atomic mass is 35.5. The van der Waals surface area contributed by atoms with Crippen molar-refractivity contribution in [1.82, 2.24) is 15.1 Å². The van der Waals surface area contributed by atoms with Gasteiger partial charge in [-0.3, -0.25) is 4.90 Å². The Morgan fingerprint density at radius 2 is 1.79 bits per heavy atom. The number of likely N-dealkylation sites (N-methyl/N-ethyl adjacent to an activating group) is 1. The van der Waals surface area contributed by atoms with Crippen LogP contribution in [-0.2, 0) is 17.8 Å². The lowest BCUT2D eigenvalue weighted by Crippen LogP contribution is -2.43. The van der Waals surface area contributed by atoms with Crippen LogP contribution < -0.4 is 5.32 Å². The van der Waals surface area contributed by atoms with Crippen LogP contribution >= 0.6 is 37.2 Å². The number of ether oxygens (including phenoxy) is 1. The van der Waals surface area contributed by atoms with Crippen LogP contribution in [0.25, 0.3) is 0 Å². The smallest absolute Gasteiger partial charge is 0.129 e. The van der Waals surface area contributed by atoms with Gasteiger partial charge in [0.2, 0.25) is 0 Å². The summed E-state index contributed by atoms with van der Waals surface area (Å²) in [6, 6.07) is 13.0. The SMILES string of the molecule is CN1CCN(Cc2cc(CNC3CCOC(c4ccccc4F)C3)ccc2O)CC1.Cl.Cl.Cl. The number of phenolic OH excluding ortho intramolecular Hbond substituents is 1. The molecule has 2 aromatic carbocycles. The molecule has 2 unspecified atom stereocenters. The zero-order valence-corrected chi connectivity index (χ0v) is 21.4. The Balaban J connectivity index is 0.00000181. The van der Waals surface area contributed by atoms with Gasteiger partial charge < -0.3 is 20.1 Å². The van der Waals surface area contributed by atoms with Gasteiger partial charge >= 0.3 is 0 Å². The summed E-state index contributed by atoms with van der Waals surface area (Å²) in [7, 11) is 2.15. The van der Waals surface area contributed by atoms with Crippen LogP contribution in [0.1, 0.15) is 35.6 Å². The largest absolute Gasteiger partial charge is 0.508 e. The first kappa shape index (κ1) is 29.9. The number of piperazine rings is 1. The highest BCUT2D eigenvalue weighted by Gasteiger charge is 2.25. The lowest BCUT2D eigenvalue weighted by molar-refractivity contribution is -0.00197. The minimum absolute atomic E-state index is 0. The third-order valence-corrected chi connectivity index (χ3v) is 6.26. The van der Waals surface area contributed by atoms with Crippen molar-refractivity contribution in [3.63, 3.8) is 0 Å². The van der Waals surface area contributed by atoms with Crippen molar-refractivity contribution in [3.05, 3.63) is 65.0 Å². The predicted octanol–water partition coefficient (Wildman–Crippen LogP) is 4.55. The Hall–Kier alpha value is -1.12. The van der Waals surface area contributed by atoms with Gasteiger partial charge in [-0.2, -0.15) is 0 Å². The average Bonchev–Trinajstić information content (AvgIpc) is 2.76. The van der Waals surface area contributed by atoms with E-state index in [-0.39, 0.29) is 55.2 Å². The molecule has 4 rings (SSSR count). The molecule has 0 aromatic heterocycles. The van der Waals surface area contributed by atoms with Crippen molar-refractivity contribution >= 4 is 37.2 Å². The van der Waals surface area contributed by atoms with Gasteiger partial charge in [0.1, 0.15) is 11.6 Å². The first-order valence-corrected chi connectivity index (χ1v) is 10.9. The van der Waals surface area contributed by atoms with Crippen LogP contribution in [0.3, 0.4) is 0 Å². The highest BCUT2D eigenvalue weighted by molar-refractivity contribution is 5.86. The summed E-state index contributed by atoms with van der Waals surface area (Å²) in [6.45, 7) is 6.31. The van der Waals surface area contributed by atoms with Gasteiger partial charge in [0.15, 0.2) is 0 Å². The third kappa shape index (κ3) is 8.25. The van der Waals surface area contributed by atoms with E-state index in [1.165, 1.54) is 6.07 Å². The van der Waals surface area contributed by atoms with Crippen molar-refractivity contribution in [1.29, 1.82) is 0 Å². The minimum Gasteiger partial charge on any atom is -0.508 e. The second-order valence-electron chi connectivity index (χ2n) is 8.53. The number of nitrogens with one attached hydrogen (secondary N) is 1. The summed E-state index contributed by atoms with van der Waals surface area (Å²) in [6.07, 6.45) is 1.47. The molecule has 2 N–H and O–H groups in total. The maximum atomic E-state index is 14.1. The van der Waals surface area contributed by atoms with Crippen LogP contribution in [0, 0.1) is 5.82 Å². The van der Waals surface area contributed by atoms with E-state index in [2.05, 4.69) is 28.2 Å². The monoisotopic (exact) mass is 521 g/mol. The molecule has 0 spiro atoms. The van der Waals surface area contributed by atoms with Gasteiger partial charge in [0.25, 0.3) is 0 Å². The first-order valence-electron chi connectivity index (χ1n) is 10.9. The Labute approximate surface area is 214 Å². The standard InChI is InChI=1S/C24H32FN3O2.3ClH/c1-27-9-11-28(12-10-27)17-19-14-18(6-7-23(19)29)16-26-20-8-13-30-24(15-20)21-4-2-3-5-22(21)25;;;/h2-7,14,20,24,26,29H,8-13,15-17H2,1H3;3*1H. The number of hydrogen-bond donors (Lipinski definition) is 2. The summed E-state index contributed by atoms with van der Waals surface area (Å²) >= 11 is 0. The minimum atomic E-state index is -0.204. The Kier molecular flexibility index (Phi) is 13.0. The molecule has 0 bridgehead atoms. The molecule has 0 amide bonds. The van der Waals surface area contributed by atoms with Gasteiger partial charge in [-0.1, -0.05) is 24.3 Å². The lowest BCUT2D eigenvalue weighted by Gasteiger charge is -2.32. The fourth-order valence-corrected chi connectivity index (χ4v) is 4.32. The predicted molar refractivity (Wildman–Crippen MR) is 138 cm³/mol. The van der Waals surface area contributed by atoms with E-state index in [1.54, 1.807) is 12.1 Å². The number of phenols is 1. The summed E-state index contributed by atoms with van der Waals surface area (Å²) in [4.78, 5) is 4.73. The van der Waals surface area contributed by atoms with E-state index in [0.717, 1.165) is 63.2 Å². The number of aromatic hydroxyl groups is 1. The van der Waals surface area contributed by atoms with Crippen LogP contribution in [0.2, 0.25) is 0 Å². The van der Waals surface area contributed by atoms with E-state index in [0.29, 0.717) is 17.9 Å². The van der Waals surface area contributed by atoms with Crippen molar-refractivity contribution in [2.45, 2.75) is 38.1 Å². The number of benzene rings is 2. The molecule has 186 valence electrons. The summed E-state index contributed by atoms with van der Waals surface area (Å²) in [5.74, 6) is 0.165. The molecule has 9 heteroatoms. The molecular formula is C24H35Cl3FN3O2. The van der Waals surface area contributed by atoms with Gasteiger partial charge in [-0.25, -0.2) is 4.39 Å². The molecule has 5 nitrogen and oxygen atoms in total. The van der Waals surface area contributed by atoms with Gasteiger partial charge in [-0.15, -0.1) is 37.2 Å². The molecule has 2 saturated heterocycles. The maximum absolute atomic E-state index is 14.1. The highest BCUT2D eigenvalue weighted by Crippen LogP contribution is 2.30. The number of hydrogen-bond acceptors (Lipinski definition) is 5. The molecule has 33 heavy (non-hydrogen) atoms. The quantitative estimate of drug-likeness (QED) is 0.583. The fraction of sp³-hybridized carbons (Fsp3) is 0.500. The van der Waals surface area contributed by atoms with Crippen LogP contribution in [-0.4, -0.2) is 60.8 Å². The van der Waals surface area contributed by atoms with Crippen molar-refractivity contribution in [2.24, 2.45) is 0 Å². The number of halogens is 4. The molecular weight excluding hydrogens is 488 g/mol. The summed E-state index contributed by atoms with van der Waals surface area (Å²) < 4.78 is 19.9. The molecule has 2 heterocycles. The van der Waals surface area contributed by atoms with Gasteiger partial charge in [-0.05, 0) is 43.7 Å². The van der Waals surface area contributed by atoms with E-state index < -0.39 is 0 Å². The topological polar surface area (TPSA) is 48.0 Å². The fourth-order valence-electron chi connectivity index (χ4n) is 4.32. The van der Waals surface area contributed by atoms with Crippen molar-refractivity contribution in [3.8, 4) is 5.75 Å². The molecule has 2 aliphatic rings. The third-order valence-electron chi connectivity index (χ3n) is 6.26. The van der Waals surface area contributed by atoms with E-state index in [4.69, 9.17) is 4.74 Å². The van der Waals surface area contributed by atoms with Crippen LogP contribution in [0.4, 0.5) is 4.39 Å². The van der Waals surface area contributed by atoms with E-state index >= 15 is 0 Å². The number of nitrogens with zero attached hydrogens (tertiary/aromatic N) is 2.